The van der Waals surface area contributed by atoms with Crippen molar-refractivity contribution in [3.8, 4) is 5.75 Å². The Kier molecular flexibility index (Phi) is 6.60. The first-order valence-electron chi connectivity index (χ1n) is 8.63. The number of halogens is 3. The number of ether oxygens (including phenoxy) is 1. The predicted molar refractivity (Wildman–Crippen MR) is 106 cm³/mol. The first kappa shape index (κ1) is 21.3. The highest BCUT2D eigenvalue weighted by Gasteiger charge is 2.31. The van der Waals surface area contributed by atoms with Gasteiger partial charge in [0.1, 0.15) is 16.5 Å². The van der Waals surface area contributed by atoms with Gasteiger partial charge in [-0.15, -0.1) is 0 Å². The van der Waals surface area contributed by atoms with E-state index in [0.29, 0.717) is 23.9 Å². The Morgan fingerprint density at radius 1 is 1.03 bits per heavy atom. The number of nitrogens with one attached hydrogen (secondary N) is 1. The maximum atomic E-state index is 13.9. The van der Waals surface area contributed by atoms with Gasteiger partial charge < -0.3 is 15.0 Å². The summed E-state index contributed by atoms with van der Waals surface area (Å²) in [5.41, 5.74) is 0.582. The van der Waals surface area contributed by atoms with Crippen LogP contribution >= 0.6 is 12.2 Å². The minimum atomic E-state index is -3.92. The SMILES string of the molecule is O=S(=O)(c1ccccc1F)N1CCN(C(=S)Nc2ccc(OC(F)F)cc2)CC1. The highest BCUT2D eigenvalue weighted by atomic mass is 32.2. The van der Waals surface area contributed by atoms with Crippen LogP contribution in [-0.2, 0) is 10.0 Å². The lowest BCUT2D eigenvalue weighted by molar-refractivity contribution is -0.0498. The molecule has 29 heavy (non-hydrogen) atoms. The van der Waals surface area contributed by atoms with E-state index in [1.165, 1.54) is 34.6 Å². The lowest BCUT2D eigenvalue weighted by Crippen LogP contribution is -2.51. The second kappa shape index (κ2) is 8.97. The minimum absolute atomic E-state index is 0.0310. The molecule has 0 saturated carbocycles. The van der Waals surface area contributed by atoms with Crippen molar-refractivity contribution in [1.82, 2.24) is 9.21 Å². The Balaban J connectivity index is 1.57. The molecular formula is C18H18F3N3O3S2. The van der Waals surface area contributed by atoms with Crippen LogP contribution in [-0.4, -0.2) is 55.5 Å². The molecule has 0 radical (unpaired) electrons. The summed E-state index contributed by atoms with van der Waals surface area (Å²) in [5, 5.41) is 3.34. The molecule has 0 atom stereocenters. The Morgan fingerprint density at radius 2 is 1.66 bits per heavy atom. The van der Waals surface area contributed by atoms with Gasteiger partial charge in [-0.2, -0.15) is 13.1 Å². The van der Waals surface area contributed by atoms with Gasteiger partial charge in [0.2, 0.25) is 10.0 Å². The fourth-order valence-corrected chi connectivity index (χ4v) is 4.63. The zero-order valence-corrected chi connectivity index (χ0v) is 16.7. The van der Waals surface area contributed by atoms with Gasteiger partial charge in [-0.05, 0) is 48.6 Å². The zero-order valence-electron chi connectivity index (χ0n) is 15.1. The molecule has 1 heterocycles. The van der Waals surface area contributed by atoms with E-state index in [9.17, 15) is 21.6 Å². The van der Waals surface area contributed by atoms with Crippen LogP contribution in [0.1, 0.15) is 0 Å². The van der Waals surface area contributed by atoms with Crippen LogP contribution in [0.2, 0.25) is 0 Å². The van der Waals surface area contributed by atoms with Gasteiger partial charge in [-0.1, -0.05) is 12.1 Å². The Morgan fingerprint density at radius 3 is 2.24 bits per heavy atom. The van der Waals surface area contributed by atoms with Crippen molar-refractivity contribution < 1.29 is 26.3 Å². The van der Waals surface area contributed by atoms with Crippen molar-refractivity contribution in [1.29, 1.82) is 0 Å². The van der Waals surface area contributed by atoms with E-state index in [-0.39, 0.29) is 23.7 Å². The minimum Gasteiger partial charge on any atom is -0.435 e. The highest BCUT2D eigenvalue weighted by molar-refractivity contribution is 7.89. The molecule has 0 spiro atoms. The number of benzene rings is 2. The molecule has 0 amide bonds. The summed E-state index contributed by atoms with van der Waals surface area (Å²) >= 11 is 5.34. The number of rotatable bonds is 5. The number of thiocarbonyl (C=S) groups is 1. The molecule has 6 nitrogen and oxygen atoms in total. The molecule has 11 heteroatoms. The average molecular weight is 445 g/mol. The normalized spacial score (nSPS) is 15.4. The molecule has 156 valence electrons. The predicted octanol–water partition coefficient (Wildman–Crippen LogP) is 3.13. The summed E-state index contributed by atoms with van der Waals surface area (Å²) in [4.78, 5) is 1.44. The summed E-state index contributed by atoms with van der Waals surface area (Å²) in [6, 6.07) is 11.1. The average Bonchev–Trinajstić information content (AvgIpc) is 2.69. The van der Waals surface area contributed by atoms with Crippen molar-refractivity contribution in [2.75, 3.05) is 31.5 Å². The molecular weight excluding hydrogens is 427 g/mol. The highest BCUT2D eigenvalue weighted by Crippen LogP contribution is 2.21. The van der Waals surface area contributed by atoms with Crippen molar-refractivity contribution in [3.05, 3.63) is 54.3 Å². The number of hydrogen-bond acceptors (Lipinski definition) is 4. The van der Waals surface area contributed by atoms with Crippen LogP contribution in [0.25, 0.3) is 0 Å². The summed E-state index contributed by atoms with van der Waals surface area (Å²) in [6.07, 6.45) is 0. The molecule has 2 aromatic carbocycles. The molecule has 3 rings (SSSR count). The number of piperazine rings is 1. The molecule has 2 aromatic rings. The van der Waals surface area contributed by atoms with Gasteiger partial charge in [-0.25, -0.2) is 12.8 Å². The third-order valence-electron chi connectivity index (χ3n) is 4.31. The van der Waals surface area contributed by atoms with Crippen molar-refractivity contribution in [2.45, 2.75) is 11.5 Å². The van der Waals surface area contributed by atoms with Gasteiger partial charge in [0.15, 0.2) is 5.11 Å². The molecule has 1 N–H and O–H groups in total. The topological polar surface area (TPSA) is 61.9 Å². The van der Waals surface area contributed by atoms with E-state index < -0.39 is 22.5 Å². The Bertz CT molecular complexity index is 964. The lowest BCUT2D eigenvalue weighted by atomic mass is 10.3. The maximum Gasteiger partial charge on any atom is 0.387 e. The maximum absolute atomic E-state index is 13.9. The zero-order chi connectivity index (χ0) is 21.0. The quantitative estimate of drug-likeness (QED) is 0.714. The summed E-state index contributed by atoms with van der Waals surface area (Å²) in [6.45, 7) is -1.94. The van der Waals surface area contributed by atoms with Crippen LogP contribution in [0.15, 0.2) is 53.4 Å². The Labute approximate surface area is 171 Å². The van der Waals surface area contributed by atoms with E-state index in [4.69, 9.17) is 12.2 Å². The number of nitrogens with zero attached hydrogens (tertiary/aromatic N) is 2. The van der Waals surface area contributed by atoms with Crippen LogP contribution < -0.4 is 10.1 Å². The van der Waals surface area contributed by atoms with Gasteiger partial charge in [0.25, 0.3) is 0 Å². The molecule has 0 unspecified atom stereocenters. The summed E-state index contributed by atoms with van der Waals surface area (Å²) < 4.78 is 69.0. The Hall–Kier alpha value is -2.37. The first-order valence-corrected chi connectivity index (χ1v) is 10.5. The molecule has 1 aliphatic heterocycles. The van der Waals surface area contributed by atoms with E-state index in [1.54, 1.807) is 17.0 Å². The van der Waals surface area contributed by atoms with Gasteiger partial charge >= 0.3 is 6.61 Å². The van der Waals surface area contributed by atoms with E-state index in [1.807, 2.05) is 0 Å². The lowest BCUT2D eigenvalue weighted by Gasteiger charge is -2.35. The van der Waals surface area contributed by atoms with Crippen molar-refractivity contribution in [2.24, 2.45) is 0 Å². The van der Waals surface area contributed by atoms with Gasteiger partial charge in [0.05, 0.1) is 0 Å². The molecule has 1 saturated heterocycles. The standard InChI is InChI=1S/C18H18F3N3O3S2/c19-15-3-1-2-4-16(15)29(25,26)24-11-9-23(10-12-24)18(28)22-13-5-7-14(8-6-13)27-17(20)21/h1-8,17H,9-12H2,(H,22,28). The molecule has 0 bridgehead atoms. The molecule has 1 aliphatic rings. The molecule has 0 aromatic heterocycles. The van der Waals surface area contributed by atoms with Crippen molar-refractivity contribution in [3.63, 3.8) is 0 Å². The number of anilines is 1. The van der Waals surface area contributed by atoms with E-state index >= 15 is 0 Å². The third kappa shape index (κ3) is 5.17. The van der Waals surface area contributed by atoms with Crippen LogP contribution in [0, 0.1) is 5.82 Å². The van der Waals surface area contributed by atoms with Crippen LogP contribution in [0.5, 0.6) is 5.75 Å². The van der Waals surface area contributed by atoms with Crippen LogP contribution in [0.3, 0.4) is 0 Å². The smallest absolute Gasteiger partial charge is 0.387 e. The number of alkyl halides is 2. The second-order valence-corrected chi connectivity index (χ2v) is 8.45. The van der Waals surface area contributed by atoms with Gasteiger partial charge in [0, 0.05) is 31.9 Å². The third-order valence-corrected chi connectivity index (χ3v) is 6.60. The van der Waals surface area contributed by atoms with Crippen LogP contribution in [0.4, 0.5) is 18.9 Å². The summed E-state index contributed by atoms with van der Waals surface area (Å²) in [5.74, 6) is -0.755. The van der Waals surface area contributed by atoms with E-state index in [0.717, 1.165) is 6.07 Å². The summed E-state index contributed by atoms with van der Waals surface area (Å²) in [7, 11) is -3.92. The molecule has 1 fully saturated rings. The first-order chi connectivity index (χ1) is 13.8. The molecule has 0 aliphatic carbocycles. The fraction of sp³-hybridized carbons (Fsp3) is 0.278. The fourth-order valence-electron chi connectivity index (χ4n) is 2.85. The van der Waals surface area contributed by atoms with Gasteiger partial charge in [-0.3, -0.25) is 0 Å². The largest absolute Gasteiger partial charge is 0.435 e. The number of sulfonamides is 1. The van der Waals surface area contributed by atoms with Crippen molar-refractivity contribution >= 4 is 33.0 Å². The monoisotopic (exact) mass is 445 g/mol. The van der Waals surface area contributed by atoms with E-state index in [2.05, 4.69) is 10.1 Å². The number of hydrogen-bond donors (Lipinski definition) is 1. The second-order valence-electron chi connectivity index (χ2n) is 6.15.